The molecule has 6 heteroatoms. The lowest BCUT2D eigenvalue weighted by atomic mass is 10.1. The van der Waals surface area contributed by atoms with Crippen molar-refractivity contribution in [3.8, 4) is 11.5 Å². The van der Waals surface area contributed by atoms with Gasteiger partial charge in [-0.3, -0.25) is 4.79 Å². The normalized spacial score (nSPS) is 11.2. The lowest BCUT2D eigenvalue weighted by Gasteiger charge is -2.12. The lowest BCUT2D eigenvalue weighted by Crippen LogP contribution is -2.05. The number of furan rings is 1. The molecular weight excluding hydrogens is 339 g/mol. The number of aryl methyl sites for hydroxylation is 1. The second-order valence-corrected chi connectivity index (χ2v) is 5.87. The third-order valence-corrected chi connectivity index (χ3v) is 4.12. The van der Waals surface area contributed by atoms with E-state index in [0.717, 1.165) is 5.56 Å². The molecule has 0 fully saturated rings. The van der Waals surface area contributed by atoms with Gasteiger partial charge in [-0.25, -0.2) is 4.39 Å². The van der Waals surface area contributed by atoms with Crippen molar-refractivity contribution in [2.24, 2.45) is 0 Å². The molecule has 2 heterocycles. The Kier molecular flexibility index (Phi) is 3.88. The van der Waals surface area contributed by atoms with Gasteiger partial charge in [-0.2, -0.15) is 0 Å². The molecule has 2 aromatic heterocycles. The summed E-state index contributed by atoms with van der Waals surface area (Å²) in [6.07, 6.45) is 1.49. The largest absolute Gasteiger partial charge is 0.495 e. The highest BCUT2D eigenvalue weighted by molar-refractivity contribution is 6.06. The second-order valence-electron chi connectivity index (χ2n) is 5.87. The molecule has 0 spiro atoms. The van der Waals surface area contributed by atoms with E-state index < -0.39 is 0 Å². The van der Waals surface area contributed by atoms with Gasteiger partial charge in [0.05, 0.1) is 18.8 Å². The van der Waals surface area contributed by atoms with Crippen molar-refractivity contribution in [1.29, 1.82) is 0 Å². The van der Waals surface area contributed by atoms with Gasteiger partial charge >= 0.3 is 0 Å². The van der Waals surface area contributed by atoms with E-state index in [1.165, 1.54) is 31.6 Å². The van der Waals surface area contributed by atoms with Crippen LogP contribution >= 0.6 is 0 Å². The average molecular weight is 354 g/mol. The van der Waals surface area contributed by atoms with Gasteiger partial charge in [0.25, 0.3) is 0 Å². The number of hydrogen-bond donors (Lipinski definition) is 0. The molecule has 0 saturated carbocycles. The third kappa shape index (κ3) is 2.60. The van der Waals surface area contributed by atoms with E-state index in [-0.39, 0.29) is 23.4 Å². The molecule has 0 aliphatic carbocycles. The number of hydrogen-bond acceptors (Lipinski definition) is 5. The van der Waals surface area contributed by atoms with Crippen molar-refractivity contribution in [1.82, 2.24) is 0 Å². The molecule has 0 N–H and O–H groups in total. The predicted octanol–water partition coefficient (Wildman–Crippen LogP) is 4.57. The van der Waals surface area contributed by atoms with Crippen LogP contribution in [0.5, 0.6) is 11.5 Å². The molecule has 0 saturated heterocycles. The van der Waals surface area contributed by atoms with Gasteiger partial charge in [0.1, 0.15) is 29.3 Å². The Balaban J connectivity index is 1.92. The SMILES string of the molecule is COc1c2ccoc2c(OCc2ccc(F)cc2)c2oc(C)cc(=O)c12. The standard InChI is InChI=1S/C20H15FO5/c1-11-9-15(22)16-17(23-2)14-7-8-24-18(14)20(19(16)26-11)25-10-12-3-5-13(21)6-4-12/h3-9H,10H2,1-2H3. The van der Waals surface area contributed by atoms with Crippen LogP contribution < -0.4 is 14.9 Å². The van der Waals surface area contributed by atoms with E-state index in [1.54, 1.807) is 25.1 Å². The molecule has 2 aromatic carbocycles. The molecule has 4 aromatic rings. The first-order valence-electron chi connectivity index (χ1n) is 7.97. The maximum absolute atomic E-state index is 13.1. The van der Waals surface area contributed by atoms with Gasteiger partial charge in [0.2, 0.25) is 5.75 Å². The highest BCUT2D eigenvalue weighted by Crippen LogP contribution is 2.42. The summed E-state index contributed by atoms with van der Waals surface area (Å²) in [5, 5.41) is 0.909. The summed E-state index contributed by atoms with van der Waals surface area (Å²) < 4.78 is 35.8. The fraction of sp³-hybridized carbons (Fsp3) is 0.150. The zero-order chi connectivity index (χ0) is 18.3. The molecule has 0 atom stereocenters. The first-order valence-corrected chi connectivity index (χ1v) is 7.97. The van der Waals surface area contributed by atoms with Gasteiger partial charge in [-0.05, 0) is 30.7 Å². The molecule has 0 radical (unpaired) electrons. The van der Waals surface area contributed by atoms with Crippen LogP contribution in [-0.4, -0.2) is 7.11 Å². The molecule has 0 unspecified atom stereocenters. The average Bonchev–Trinajstić information content (AvgIpc) is 3.09. The van der Waals surface area contributed by atoms with E-state index in [2.05, 4.69) is 0 Å². The summed E-state index contributed by atoms with van der Waals surface area (Å²) in [5.41, 5.74) is 1.22. The minimum Gasteiger partial charge on any atom is -0.495 e. The first kappa shape index (κ1) is 16.2. The van der Waals surface area contributed by atoms with Crippen molar-refractivity contribution in [2.45, 2.75) is 13.5 Å². The fourth-order valence-corrected chi connectivity index (χ4v) is 2.97. The highest BCUT2D eigenvalue weighted by atomic mass is 19.1. The van der Waals surface area contributed by atoms with Gasteiger partial charge in [-0.1, -0.05) is 12.1 Å². The maximum Gasteiger partial charge on any atom is 0.206 e. The Bertz CT molecular complexity index is 1150. The molecule has 0 aliphatic heterocycles. The zero-order valence-electron chi connectivity index (χ0n) is 14.2. The molecule has 132 valence electrons. The Hall–Kier alpha value is -3.28. The molecule has 0 bridgehead atoms. The lowest BCUT2D eigenvalue weighted by molar-refractivity contribution is 0.303. The Labute approximate surface area is 147 Å². The first-order chi connectivity index (χ1) is 12.6. The fourth-order valence-electron chi connectivity index (χ4n) is 2.97. The number of benzene rings is 2. The predicted molar refractivity (Wildman–Crippen MR) is 94.3 cm³/mol. The van der Waals surface area contributed by atoms with Gasteiger partial charge in [0.15, 0.2) is 16.6 Å². The van der Waals surface area contributed by atoms with Crippen LogP contribution in [0.2, 0.25) is 0 Å². The summed E-state index contributed by atoms with van der Waals surface area (Å²) in [7, 11) is 1.49. The Morgan fingerprint density at radius 1 is 1.08 bits per heavy atom. The van der Waals surface area contributed by atoms with Crippen LogP contribution in [0.25, 0.3) is 21.9 Å². The summed E-state index contributed by atoms with van der Waals surface area (Å²) in [6, 6.07) is 9.08. The minimum atomic E-state index is -0.321. The second kappa shape index (κ2) is 6.22. The number of rotatable bonds is 4. The van der Waals surface area contributed by atoms with E-state index >= 15 is 0 Å². The van der Waals surface area contributed by atoms with Crippen molar-refractivity contribution >= 4 is 21.9 Å². The maximum atomic E-state index is 13.1. The molecule has 0 amide bonds. The molecular formula is C20H15FO5. The number of ether oxygens (including phenoxy) is 2. The number of fused-ring (bicyclic) bond motifs is 2. The number of halogens is 1. The van der Waals surface area contributed by atoms with Crippen molar-refractivity contribution in [2.75, 3.05) is 7.11 Å². The van der Waals surface area contributed by atoms with Crippen LogP contribution in [0.4, 0.5) is 4.39 Å². The third-order valence-electron chi connectivity index (χ3n) is 4.12. The Morgan fingerprint density at radius 2 is 1.85 bits per heavy atom. The van der Waals surface area contributed by atoms with E-state index in [4.69, 9.17) is 18.3 Å². The molecule has 26 heavy (non-hydrogen) atoms. The van der Waals surface area contributed by atoms with Crippen LogP contribution in [0, 0.1) is 12.7 Å². The highest BCUT2D eigenvalue weighted by Gasteiger charge is 2.22. The van der Waals surface area contributed by atoms with Gasteiger partial charge in [-0.15, -0.1) is 0 Å². The Morgan fingerprint density at radius 3 is 2.58 bits per heavy atom. The van der Waals surface area contributed by atoms with Crippen LogP contribution in [0.15, 0.2) is 56.3 Å². The van der Waals surface area contributed by atoms with Crippen molar-refractivity contribution in [3.63, 3.8) is 0 Å². The molecule has 4 rings (SSSR count). The number of methoxy groups -OCH3 is 1. The van der Waals surface area contributed by atoms with Crippen LogP contribution in [0.1, 0.15) is 11.3 Å². The summed E-state index contributed by atoms with van der Waals surface area (Å²) in [5.74, 6) is 0.818. The molecule has 0 aliphatic rings. The molecule has 5 nitrogen and oxygen atoms in total. The summed E-state index contributed by atoms with van der Waals surface area (Å²) >= 11 is 0. The topological polar surface area (TPSA) is 61.8 Å². The van der Waals surface area contributed by atoms with Crippen molar-refractivity contribution < 1.29 is 22.7 Å². The van der Waals surface area contributed by atoms with E-state index in [0.29, 0.717) is 33.6 Å². The van der Waals surface area contributed by atoms with Crippen LogP contribution in [0.3, 0.4) is 0 Å². The summed E-state index contributed by atoms with van der Waals surface area (Å²) in [4.78, 5) is 12.5. The van der Waals surface area contributed by atoms with Crippen molar-refractivity contribution in [3.05, 3.63) is 70.0 Å². The zero-order valence-corrected chi connectivity index (χ0v) is 14.2. The van der Waals surface area contributed by atoms with E-state index in [9.17, 15) is 9.18 Å². The quantitative estimate of drug-likeness (QED) is 0.537. The van der Waals surface area contributed by atoms with Gasteiger partial charge < -0.3 is 18.3 Å². The minimum absolute atomic E-state index is 0.162. The summed E-state index contributed by atoms with van der Waals surface area (Å²) in [6.45, 7) is 1.85. The van der Waals surface area contributed by atoms with Gasteiger partial charge in [0, 0.05) is 6.07 Å². The van der Waals surface area contributed by atoms with E-state index in [1.807, 2.05) is 0 Å². The smallest absolute Gasteiger partial charge is 0.206 e. The monoisotopic (exact) mass is 354 g/mol. The van der Waals surface area contributed by atoms with Crippen LogP contribution in [-0.2, 0) is 6.61 Å².